The van der Waals surface area contributed by atoms with Crippen LogP contribution < -0.4 is 24.8 Å². The fourth-order valence-electron chi connectivity index (χ4n) is 6.97. The lowest BCUT2D eigenvalue weighted by molar-refractivity contribution is -0.276. The van der Waals surface area contributed by atoms with Gasteiger partial charge in [0.2, 0.25) is 0 Å². The predicted molar refractivity (Wildman–Crippen MR) is 204 cm³/mol. The van der Waals surface area contributed by atoms with E-state index >= 15 is 0 Å². The number of hydrogen-bond acceptors (Lipinski definition) is 8. The van der Waals surface area contributed by atoms with Gasteiger partial charge in [0.15, 0.2) is 17.8 Å². The number of anilines is 2. The zero-order valence-electron chi connectivity index (χ0n) is 30.2. The summed E-state index contributed by atoms with van der Waals surface area (Å²) < 4.78 is 30.5. The lowest BCUT2D eigenvalue weighted by Gasteiger charge is -2.43. The molecule has 10 nitrogen and oxygen atoms in total. The maximum absolute atomic E-state index is 13.1. The van der Waals surface area contributed by atoms with Crippen LogP contribution in [-0.4, -0.2) is 49.5 Å². The van der Waals surface area contributed by atoms with Gasteiger partial charge in [0.25, 0.3) is 0 Å². The van der Waals surface area contributed by atoms with Gasteiger partial charge in [-0.1, -0.05) is 61.5 Å². The van der Waals surface area contributed by atoms with E-state index in [1.807, 2.05) is 91.0 Å². The predicted octanol–water partition coefficient (Wildman–Crippen LogP) is 8.48. The van der Waals surface area contributed by atoms with Gasteiger partial charge >= 0.3 is 6.03 Å². The Hall–Kier alpha value is -5.39. The third-order valence-corrected chi connectivity index (χ3v) is 9.87. The zero-order valence-corrected chi connectivity index (χ0v) is 30.2. The molecule has 274 valence electrons. The number of carbonyl (C=O) groups excluding carboxylic acids is 1. The molecule has 2 aliphatic heterocycles. The highest BCUT2D eigenvalue weighted by molar-refractivity contribution is 5.99. The number of urea groups is 1. The number of nitrogens with one attached hydrogen (secondary N) is 2. The van der Waals surface area contributed by atoms with Crippen molar-refractivity contribution in [2.45, 2.75) is 45.0 Å². The molecule has 3 N–H and O–H groups in total. The maximum Gasteiger partial charge on any atom is 0.323 e. The molecule has 2 aliphatic rings. The molecule has 0 radical (unpaired) electrons. The average Bonchev–Trinajstić information content (AvgIpc) is 3.19. The molecule has 0 aromatic heterocycles. The normalized spacial score (nSPS) is 19.8. The number of rotatable bonds is 11. The molecular formula is C43H45N3O7. The molecule has 2 amide bonds. The SMILES string of the molecule is COc1cc2c(cc1OC)CN(C[C@@H]1O[C@H](c3cccc(NC(=O)Nc4ccc(Oc5ccccc5)cc4)c3)O[C@H](c3ccc(CO)cc3)[C@@H]1C)CC2. The van der Waals surface area contributed by atoms with Crippen LogP contribution in [0.4, 0.5) is 16.2 Å². The van der Waals surface area contributed by atoms with E-state index in [0.717, 1.165) is 53.4 Å². The molecule has 0 saturated carbocycles. The fraction of sp³-hybridized carbons (Fsp3) is 0.279. The largest absolute Gasteiger partial charge is 0.493 e. The molecule has 0 bridgehead atoms. The molecule has 0 aliphatic carbocycles. The number of carbonyl (C=O) groups is 1. The Bertz CT molecular complexity index is 1990. The molecular weight excluding hydrogens is 670 g/mol. The molecule has 2 heterocycles. The van der Waals surface area contributed by atoms with Crippen LogP contribution in [0, 0.1) is 5.92 Å². The van der Waals surface area contributed by atoms with E-state index in [1.165, 1.54) is 11.1 Å². The number of hydrogen-bond donors (Lipinski definition) is 3. The summed E-state index contributed by atoms with van der Waals surface area (Å²) >= 11 is 0. The summed E-state index contributed by atoms with van der Waals surface area (Å²) in [5.74, 6) is 2.90. The first-order valence-electron chi connectivity index (χ1n) is 17.9. The summed E-state index contributed by atoms with van der Waals surface area (Å²) in [4.78, 5) is 15.5. The first kappa shape index (κ1) is 36.0. The van der Waals surface area contributed by atoms with Gasteiger partial charge < -0.3 is 39.4 Å². The topological polar surface area (TPSA) is 111 Å². The Balaban J connectivity index is 1.05. The molecule has 53 heavy (non-hydrogen) atoms. The molecule has 0 spiro atoms. The first-order valence-corrected chi connectivity index (χ1v) is 17.9. The second kappa shape index (κ2) is 16.5. The minimum atomic E-state index is -0.679. The van der Waals surface area contributed by atoms with Gasteiger partial charge in [0.05, 0.1) is 33.0 Å². The Morgan fingerprint density at radius 2 is 1.47 bits per heavy atom. The van der Waals surface area contributed by atoms with Gasteiger partial charge in [-0.25, -0.2) is 4.79 Å². The van der Waals surface area contributed by atoms with Crippen molar-refractivity contribution in [2.75, 3.05) is 37.9 Å². The van der Waals surface area contributed by atoms with E-state index in [4.69, 9.17) is 23.7 Å². The van der Waals surface area contributed by atoms with Crippen molar-refractivity contribution in [3.63, 3.8) is 0 Å². The third-order valence-electron chi connectivity index (χ3n) is 9.87. The van der Waals surface area contributed by atoms with Crippen LogP contribution >= 0.6 is 0 Å². The fourth-order valence-corrected chi connectivity index (χ4v) is 6.97. The lowest BCUT2D eigenvalue weighted by atomic mass is 9.89. The molecule has 0 unspecified atom stereocenters. The van der Waals surface area contributed by atoms with E-state index in [0.29, 0.717) is 23.7 Å². The molecule has 4 atom stereocenters. The van der Waals surface area contributed by atoms with Crippen LogP contribution in [0.15, 0.2) is 115 Å². The summed E-state index contributed by atoms with van der Waals surface area (Å²) in [5, 5.41) is 15.5. The van der Waals surface area contributed by atoms with E-state index in [9.17, 15) is 9.90 Å². The van der Waals surface area contributed by atoms with Crippen LogP contribution in [0.5, 0.6) is 23.0 Å². The van der Waals surface area contributed by atoms with Gasteiger partial charge in [-0.2, -0.15) is 0 Å². The van der Waals surface area contributed by atoms with Crippen LogP contribution in [0.25, 0.3) is 0 Å². The van der Waals surface area contributed by atoms with Gasteiger partial charge in [0, 0.05) is 42.5 Å². The van der Waals surface area contributed by atoms with E-state index < -0.39 is 6.29 Å². The minimum Gasteiger partial charge on any atom is -0.493 e. The summed E-state index contributed by atoms with van der Waals surface area (Å²) in [6.07, 6.45) is -0.208. The van der Waals surface area contributed by atoms with E-state index in [-0.39, 0.29) is 30.8 Å². The number of benzene rings is 5. The van der Waals surface area contributed by atoms with E-state index in [2.05, 4.69) is 34.6 Å². The van der Waals surface area contributed by atoms with Crippen LogP contribution in [0.1, 0.15) is 47.1 Å². The summed E-state index contributed by atoms with van der Waals surface area (Å²) in [5.41, 5.74) is 6.36. The summed E-state index contributed by atoms with van der Waals surface area (Å²) in [6.45, 7) is 4.49. The Kier molecular flexibility index (Phi) is 11.2. The van der Waals surface area contributed by atoms with Crippen molar-refractivity contribution < 1.29 is 33.6 Å². The van der Waals surface area contributed by atoms with Crippen molar-refractivity contribution in [3.8, 4) is 23.0 Å². The van der Waals surface area contributed by atoms with Crippen molar-refractivity contribution in [2.24, 2.45) is 5.92 Å². The molecule has 5 aromatic carbocycles. The Labute approximate surface area is 310 Å². The third kappa shape index (κ3) is 8.64. The van der Waals surface area contributed by atoms with Crippen molar-refractivity contribution in [1.82, 2.24) is 4.90 Å². The quantitative estimate of drug-likeness (QED) is 0.125. The van der Waals surface area contributed by atoms with E-state index in [1.54, 1.807) is 26.4 Å². The average molecular weight is 716 g/mol. The van der Waals surface area contributed by atoms with Crippen LogP contribution in [0.3, 0.4) is 0 Å². The molecule has 1 fully saturated rings. The molecule has 5 aromatic rings. The smallest absolute Gasteiger partial charge is 0.323 e. The number of aliphatic hydroxyl groups is 1. The summed E-state index contributed by atoms with van der Waals surface area (Å²) in [6, 6.07) is 36.0. The monoisotopic (exact) mass is 715 g/mol. The van der Waals surface area contributed by atoms with Gasteiger partial charge in [0.1, 0.15) is 11.5 Å². The number of methoxy groups -OCH3 is 2. The Morgan fingerprint density at radius 3 is 2.19 bits per heavy atom. The van der Waals surface area contributed by atoms with Gasteiger partial charge in [-0.05, 0) is 89.3 Å². The second-order valence-corrected chi connectivity index (χ2v) is 13.4. The summed E-state index contributed by atoms with van der Waals surface area (Å²) in [7, 11) is 3.32. The van der Waals surface area contributed by atoms with Gasteiger partial charge in [-0.15, -0.1) is 0 Å². The number of amides is 2. The second-order valence-electron chi connectivity index (χ2n) is 13.4. The molecule has 10 heteroatoms. The highest BCUT2D eigenvalue weighted by atomic mass is 16.7. The standard InChI is InChI=1S/C43H45N3O7/c1-28-40(26-46-21-20-31-23-38(49-2)39(50-3)24-33(31)25-46)52-42(53-41(28)30-14-12-29(27-47)13-15-30)32-8-7-9-35(22-32)45-43(48)44-34-16-18-37(19-17-34)51-36-10-5-4-6-11-36/h4-19,22-24,28,40-42,47H,20-21,25-27H2,1-3H3,(H2,44,45,48)/t28-,40+,41+,42+/m1/s1. The van der Waals surface area contributed by atoms with Crippen LogP contribution in [-0.2, 0) is 29.0 Å². The first-order chi connectivity index (χ1) is 25.9. The van der Waals surface area contributed by atoms with Crippen molar-refractivity contribution in [3.05, 3.63) is 143 Å². The highest BCUT2D eigenvalue weighted by Gasteiger charge is 2.39. The number of nitrogens with zero attached hydrogens (tertiary/aromatic N) is 1. The number of para-hydroxylation sites is 1. The number of fused-ring (bicyclic) bond motifs is 1. The minimum absolute atomic E-state index is 0.0228. The van der Waals surface area contributed by atoms with Crippen molar-refractivity contribution >= 4 is 17.4 Å². The van der Waals surface area contributed by atoms with Crippen LogP contribution in [0.2, 0.25) is 0 Å². The number of aliphatic hydroxyl groups excluding tert-OH is 1. The highest BCUT2D eigenvalue weighted by Crippen LogP contribution is 2.43. The molecule has 7 rings (SSSR count). The Morgan fingerprint density at radius 1 is 0.774 bits per heavy atom. The zero-order chi connectivity index (χ0) is 36.7. The number of ether oxygens (including phenoxy) is 5. The molecule has 1 saturated heterocycles. The maximum atomic E-state index is 13.1. The lowest BCUT2D eigenvalue weighted by Crippen LogP contribution is -2.45. The van der Waals surface area contributed by atoms with Crippen molar-refractivity contribution in [1.29, 1.82) is 0 Å². The van der Waals surface area contributed by atoms with Gasteiger partial charge in [-0.3, -0.25) is 4.90 Å².